The van der Waals surface area contributed by atoms with Crippen LogP contribution in [-0.4, -0.2) is 68.5 Å². The predicted molar refractivity (Wildman–Crippen MR) is 298 cm³/mol. The van der Waals surface area contributed by atoms with Crippen molar-refractivity contribution in [1.29, 1.82) is 0 Å². The molecule has 0 aliphatic rings. The van der Waals surface area contributed by atoms with Crippen molar-refractivity contribution < 1.29 is 32.9 Å². The highest BCUT2D eigenvalue weighted by Gasteiger charge is 2.24. The van der Waals surface area contributed by atoms with E-state index >= 15 is 0 Å². The number of quaternary nitrogens is 1. The van der Waals surface area contributed by atoms with Crippen molar-refractivity contribution >= 4 is 13.7 Å². The van der Waals surface area contributed by atoms with Crippen LogP contribution in [0.3, 0.4) is 0 Å². The van der Waals surface area contributed by atoms with Gasteiger partial charge in [0.15, 0.2) is 0 Å². The average Bonchev–Trinajstić information content (AvgIpc) is 3.31. The number of amides is 1. The molecule has 3 unspecified atom stereocenters. The van der Waals surface area contributed by atoms with Crippen molar-refractivity contribution in [2.24, 2.45) is 0 Å². The minimum atomic E-state index is -4.58. The maximum absolute atomic E-state index is 13.0. The molecule has 0 spiro atoms. The van der Waals surface area contributed by atoms with E-state index in [2.05, 4.69) is 43.5 Å². The second-order valence-corrected chi connectivity index (χ2v) is 23.5. The third-order valence-corrected chi connectivity index (χ3v) is 14.9. The Morgan fingerprint density at radius 1 is 0.507 bits per heavy atom. The van der Waals surface area contributed by atoms with Crippen LogP contribution in [0, 0.1) is 0 Å². The topological polar surface area (TPSA) is 108 Å². The first-order chi connectivity index (χ1) is 33.5. The first-order valence-electron chi connectivity index (χ1n) is 30.2. The molecule has 0 heterocycles. The van der Waals surface area contributed by atoms with Gasteiger partial charge in [-0.25, -0.2) is 0 Å². The van der Waals surface area contributed by atoms with Crippen molar-refractivity contribution in [3.05, 3.63) is 24.3 Å². The number of hydrogen-bond donors (Lipinski definition) is 2. The number of allylic oxidation sites excluding steroid dienone is 4. The summed E-state index contributed by atoms with van der Waals surface area (Å²) in [4.78, 5) is 25.5. The van der Waals surface area contributed by atoms with E-state index in [0.29, 0.717) is 23.9 Å². The van der Waals surface area contributed by atoms with Crippen molar-refractivity contribution in [3.8, 4) is 0 Å². The van der Waals surface area contributed by atoms with Crippen LogP contribution in [0.25, 0.3) is 0 Å². The van der Waals surface area contributed by atoms with Gasteiger partial charge in [0.1, 0.15) is 13.2 Å². The van der Waals surface area contributed by atoms with E-state index in [9.17, 15) is 19.4 Å². The number of likely N-dealkylation sites (N-methyl/N-ethyl adjacent to an activating group) is 1. The van der Waals surface area contributed by atoms with Gasteiger partial charge in [-0.3, -0.25) is 9.36 Å². The Kier molecular flexibility index (Phi) is 51.1. The van der Waals surface area contributed by atoms with Gasteiger partial charge < -0.3 is 28.8 Å². The van der Waals surface area contributed by atoms with E-state index in [4.69, 9.17) is 9.05 Å². The van der Waals surface area contributed by atoms with Gasteiger partial charge in [-0.15, -0.1) is 0 Å². The Balaban J connectivity index is 4.04. The first kappa shape index (κ1) is 68.0. The molecule has 410 valence electrons. The summed E-state index contributed by atoms with van der Waals surface area (Å²) < 4.78 is 23.4. The molecule has 2 N–H and O–H groups in total. The van der Waals surface area contributed by atoms with Gasteiger partial charge in [-0.1, -0.05) is 276 Å². The number of carbonyl (C=O) groups excluding carboxylic acids is 1. The first-order valence-corrected chi connectivity index (χ1v) is 31.6. The van der Waals surface area contributed by atoms with Gasteiger partial charge in [0, 0.05) is 6.42 Å². The van der Waals surface area contributed by atoms with Crippen molar-refractivity contribution in [1.82, 2.24) is 5.32 Å². The van der Waals surface area contributed by atoms with Gasteiger partial charge in [0.25, 0.3) is 7.82 Å². The Hall–Kier alpha value is -1.02. The number of phosphoric ester groups is 1. The molecule has 0 bridgehead atoms. The van der Waals surface area contributed by atoms with Crippen molar-refractivity contribution in [2.45, 2.75) is 315 Å². The molecule has 0 aliphatic carbocycles. The van der Waals surface area contributed by atoms with Crippen LogP contribution in [0.2, 0.25) is 0 Å². The normalized spacial score (nSPS) is 14.0. The summed E-state index contributed by atoms with van der Waals surface area (Å²) in [5.41, 5.74) is 0. The minimum Gasteiger partial charge on any atom is -0.756 e. The molecule has 9 heteroatoms. The zero-order valence-electron chi connectivity index (χ0n) is 46.8. The summed E-state index contributed by atoms with van der Waals surface area (Å²) in [6, 6.07) is -0.807. The molecule has 0 saturated heterocycles. The monoisotopic (exact) mass is 995 g/mol. The van der Waals surface area contributed by atoms with E-state index < -0.39 is 20.0 Å². The van der Waals surface area contributed by atoms with Gasteiger partial charge in [-0.2, -0.15) is 0 Å². The fraction of sp³-hybridized carbons (Fsp3) is 0.917. The summed E-state index contributed by atoms with van der Waals surface area (Å²) in [6.07, 6.45) is 65.2. The molecule has 69 heavy (non-hydrogen) atoms. The SMILES string of the molecule is CCCCCC/C=C\C/C=C\CCCCCCCC(=O)NC(COP(=O)([O-])OCC[N+](C)(C)C)C(O)CCCCCCCCCCCCCCCCCCCCCCCCCCCCCCCCC. The molecule has 8 nitrogen and oxygen atoms in total. The lowest BCUT2D eigenvalue weighted by Crippen LogP contribution is -2.46. The van der Waals surface area contributed by atoms with E-state index in [1.165, 1.54) is 212 Å². The molecule has 1 amide bonds. The highest BCUT2D eigenvalue weighted by molar-refractivity contribution is 7.45. The van der Waals surface area contributed by atoms with Crippen LogP contribution in [0.5, 0.6) is 0 Å². The number of nitrogens with zero attached hydrogens (tertiary/aromatic N) is 1. The Morgan fingerprint density at radius 2 is 0.841 bits per heavy atom. The fourth-order valence-electron chi connectivity index (χ4n) is 9.19. The molecular weight excluding hydrogens is 876 g/mol. The fourth-order valence-corrected chi connectivity index (χ4v) is 9.91. The minimum absolute atomic E-state index is 0.0103. The molecule has 0 fully saturated rings. The Bertz CT molecular complexity index is 1170. The Morgan fingerprint density at radius 3 is 1.22 bits per heavy atom. The second kappa shape index (κ2) is 51.9. The van der Waals surface area contributed by atoms with E-state index in [0.717, 1.165) is 64.2 Å². The second-order valence-electron chi connectivity index (χ2n) is 22.1. The number of hydrogen-bond acceptors (Lipinski definition) is 6. The van der Waals surface area contributed by atoms with E-state index in [1.807, 2.05) is 21.1 Å². The van der Waals surface area contributed by atoms with Crippen LogP contribution >= 0.6 is 7.82 Å². The molecule has 0 rings (SSSR count). The number of nitrogens with one attached hydrogen (secondary N) is 1. The zero-order valence-corrected chi connectivity index (χ0v) is 47.7. The molecule has 0 aromatic heterocycles. The van der Waals surface area contributed by atoms with Gasteiger partial charge >= 0.3 is 0 Å². The highest BCUT2D eigenvalue weighted by Crippen LogP contribution is 2.38. The van der Waals surface area contributed by atoms with Gasteiger partial charge in [0.2, 0.25) is 5.91 Å². The smallest absolute Gasteiger partial charge is 0.268 e. The van der Waals surface area contributed by atoms with Crippen LogP contribution in [-0.2, 0) is 18.4 Å². The number of phosphoric acid groups is 1. The summed E-state index contributed by atoms with van der Waals surface area (Å²) in [5, 5.41) is 14.0. The standard InChI is InChI=1S/C60H119N2O6P/c1-6-8-10-12-14-16-18-20-22-24-25-26-27-28-29-30-31-32-33-34-35-36-37-38-39-41-43-45-47-49-51-53-59(63)58(57-68-69(65,66)67-56-55-62(3,4)5)61-60(64)54-52-50-48-46-44-42-40-23-21-19-17-15-13-11-9-7-2/h17,19,23,40,58-59,63H,6-16,18,20-22,24-39,41-57H2,1-5H3,(H-,61,64,65,66)/b19-17-,40-23-. The third kappa shape index (κ3) is 54.6. The molecule has 3 atom stereocenters. The number of rotatable bonds is 56. The summed E-state index contributed by atoms with van der Waals surface area (Å²) >= 11 is 0. The van der Waals surface area contributed by atoms with Gasteiger partial charge in [0.05, 0.1) is 39.9 Å². The molecule has 0 aliphatic heterocycles. The lowest BCUT2D eigenvalue weighted by atomic mass is 10.0. The average molecular weight is 996 g/mol. The summed E-state index contributed by atoms with van der Waals surface area (Å²) in [5.74, 6) is -0.174. The molecule has 0 saturated carbocycles. The lowest BCUT2D eigenvalue weighted by Gasteiger charge is -2.30. The summed E-state index contributed by atoms with van der Waals surface area (Å²) in [7, 11) is 1.30. The van der Waals surface area contributed by atoms with Crippen LogP contribution in [0.1, 0.15) is 303 Å². The van der Waals surface area contributed by atoms with Crippen molar-refractivity contribution in [2.75, 3.05) is 40.9 Å². The highest BCUT2D eigenvalue weighted by atomic mass is 31.2. The Labute approximate surface area is 430 Å². The number of aliphatic hydroxyl groups is 1. The van der Waals surface area contributed by atoms with Crippen LogP contribution in [0.4, 0.5) is 0 Å². The number of aliphatic hydroxyl groups excluding tert-OH is 1. The molecule has 0 aromatic carbocycles. The predicted octanol–water partition coefficient (Wildman–Crippen LogP) is 17.7. The number of carbonyl (C=O) groups is 1. The zero-order chi connectivity index (χ0) is 50.6. The van der Waals surface area contributed by atoms with Crippen molar-refractivity contribution in [3.63, 3.8) is 0 Å². The maximum Gasteiger partial charge on any atom is 0.268 e. The van der Waals surface area contributed by atoms with E-state index in [1.54, 1.807) is 0 Å². The van der Waals surface area contributed by atoms with Gasteiger partial charge in [-0.05, 0) is 44.9 Å². The quantitative estimate of drug-likeness (QED) is 0.0272. The van der Waals surface area contributed by atoms with Crippen LogP contribution < -0.4 is 10.2 Å². The lowest BCUT2D eigenvalue weighted by molar-refractivity contribution is -0.870. The summed E-state index contributed by atoms with van der Waals surface area (Å²) in [6.45, 7) is 4.73. The molecular formula is C60H119N2O6P. The molecule has 0 radical (unpaired) electrons. The largest absolute Gasteiger partial charge is 0.756 e. The number of unbranched alkanes of at least 4 members (excludes halogenated alkanes) is 39. The van der Waals surface area contributed by atoms with E-state index in [-0.39, 0.29) is 19.1 Å². The molecule has 0 aromatic rings. The maximum atomic E-state index is 13.0. The van der Waals surface area contributed by atoms with Crippen LogP contribution in [0.15, 0.2) is 24.3 Å². The third-order valence-electron chi connectivity index (χ3n) is 13.9.